The molecule has 0 aliphatic heterocycles. The van der Waals surface area contributed by atoms with Crippen LogP contribution in [0.5, 0.6) is 0 Å². The first-order chi connectivity index (χ1) is 8.39. The Hall–Kier alpha value is -1.14. The van der Waals surface area contributed by atoms with Crippen molar-refractivity contribution in [1.29, 1.82) is 0 Å². The van der Waals surface area contributed by atoms with E-state index in [1.54, 1.807) is 12.4 Å². The van der Waals surface area contributed by atoms with Crippen LogP contribution in [0, 0.1) is 5.41 Å². The Morgan fingerprint density at radius 1 is 1.56 bits per heavy atom. The van der Waals surface area contributed by atoms with Crippen LogP contribution < -0.4 is 10.6 Å². The maximum Gasteiger partial charge on any atom is 0.315 e. The van der Waals surface area contributed by atoms with Crippen molar-refractivity contribution in [3.63, 3.8) is 0 Å². The Labute approximate surface area is 112 Å². The summed E-state index contributed by atoms with van der Waals surface area (Å²) in [6.45, 7) is 6.75. The summed E-state index contributed by atoms with van der Waals surface area (Å²) in [5.74, 6) is 0. The summed E-state index contributed by atoms with van der Waals surface area (Å²) >= 11 is 1.51. The fourth-order valence-corrected chi connectivity index (χ4v) is 2.31. The van der Waals surface area contributed by atoms with E-state index in [0.717, 1.165) is 5.69 Å². The maximum atomic E-state index is 11.6. The molecule has 1 aromatic heterocycles. The molecule has 102 valence electrons. The topological polar surface area (TPSA) is 74.2 Å². The predicted octanol–water partition coefficient (Wildman–Crippen LogP) is 1.74. The molecule has 0 aliphatic carbocycles. The number of carbonyl (C=O) groups is 1. The third kappa shape index (κ3) is 5.97. The van der Waals surface area contributed by atoms with Gasteiger partial charge in [-0.1, -0.05) is 13.8 Å². The van der Waals surface area contributed by atoms with E-state index in [9.17, 15) is 9.90 Å². The molecule has 2 amide bonds. The largest absolute Gasteiger partial charge is 0.393 e. The minimum atomic E-state index is -0.361. The molecule has 0 aliphatic rings. The molecule has 0 saturated heterocycles. The number of rotatable bonds is 6. The molecule has 1 atom stereocenters. The molecule has 5 nitrogen and oxygen atoms in total. The average molecular weight is 271 g/mol. The van der Waals surface area contributed by atoms with Crippen LogP contribution in [0.3, 0.4) is 0 Å². The van der Waals surface area contributed by atoms with Crippen molar-refractivity contribution in [2.75, 3.05) is 6.54 Å². The smallest absolute Gasteiger partial charge is 0.315 e. The van der Waals surface area contributed by atoms with Gasteiger partial charge in [-0.3, -0.25) is 0 Å². The average Bonchev–Trinajstić information content (AvgIpc) is 2.74. The van der Waals surface area contributed by atoms with Gasteiger partial charge in [-0.15, -0.1) is 11.3 Å². The van der Waals surface area contributed by atoms with Crippen LogP contribution in [-0.4, -0.2) is 28.8 Å². The number of aromatic nitrogens is 1. The number of hydrogen-bond donors (Lipinski definition) is 3. The van der Waals surface area contributed by atoms with E-state index < -0.39 is 0 Å². The highest BCUT2D eigenvalue weighted by Crippen LogP contribution is 2.20. The number of nitrogens with zero attached hydrogens (tertiary/aromatic N) is 1. The van der Waals surface area contributed by atoms with Crippen molar-refractivity contribution >= 4 is 17.4 Å². The summed E-state index contributed by atoms with van der Waals surface area (Å²) in [6.07, 6.45) is 0.291. The van der Waals surface area contributed by atoms with E-state index in [1.807, 2.05) is 19.2 Å². The molecule has 0 aromatic carbocycles. The van der Waals surface area contributed by atoms with E-state index in [-0.39, 0.29) is 17.6 Å². The normalized spacial score (nSPS) is 13.1. The van der Waals surface area contributed by atoms with E-state index >= 15 is 0 Å². The second kappa shape index (κ2) is 6.70. The highest BCUT2D eigenvalue weighted by atomic mass is 32.1. The van der Waals surface area contributed by atoms with Crippen molar-refractivity contribution in [2.24, 2.45) is 5.41 Å². The Morgan fingerprint density at radius 3 is 2.83 bits per heavy atom. The Balaban J connectivity index is 2.24. The molecule has 1 heterocycles. The zero-order valence-corrected chi connectivity index (χ0v) is 11.9. The number of aliphatic hydroxyl groups excluding tert-OH is 1. The monoisotopic (exact) mass is 271 g/mol. The predicted molar refractivity (Wildman–Crippen MR) is 72.4 cm³/mol. The third-order valence-corrected chi connectivity index (χ3v) is 3.12. The summed E-state index contributed by atoms with van der Waals surface area (Å²) in [4.78, 5) is 15.6. The molecule has 0 saturated carbocycles. The van der Waals surface area contributed by atoms with Crippen LogP contribution in [0.25, 0.3) is 0 Å². The number of urea groups is 1. The second-order valence-electron chi connectivity index (χ2n) is 5.23. The van der Waals surface area contributed by atoms with Crippen LogP contribution in [0.4, 0.5) is 4.79 Å². The van der Waals surface area contributed by atoms with Gasteiger partial charge in [0, 0.05) is 11.9 Å². The van der Waals surface area contributed by atoms with Gasteiger partial charge in [0.25, 0.3) is 0 Å². The van der Waals surface area contributed by atoms with Gasteiger partial charge in [0.1, 0.15) is 0 Å². The molecule has 1 rings (SSSR count). The quantitative estimate of drug-likeness (QED) is 0.738. The van der Waals surface area contributed by atoms with Crippen LogP contribution in [0.1, 0.15) is 32.9 Å². The number of nitrogens with one attached hydrogen (secondary N) is 2. The SMILES string of the molecule is CC(O)CC(C)(C)CNC(=O)NCc1cscn1. The molecule has 0 bridgehead atoms. The molecule has 0 fully saturated rings. The number of thiazole rings is 1. The minimum absolute atomic E-state index is 0.119. The van der Waals surface area contributed by atoms with E-state index in [1.165, 1.54) is 11.3 Å². The number of carbonyl (C=O) groups excluding carboxylic acids is 1. The summed E-state index contributed by atoms with van der Waals surface area (Å²) < 4.78 is 0. The lowest BCUT2D eigenvalue weighted by atomic mass is 9.87. The number of amides is 2. The van der Waals surface area contributed by atoms with Crippen molar-refractivity contribution < 1.29 is 9.90 Å². The fourth-order valence-electron chi connectivity index (χ4n) is 1.75. The summed E-state index contributed by atoms with van der Waals surface area (Å²) in [5.41, 5.74) is 2.48. The van der Waals surface area contributed by atoms with Crippen molar-refractivity contribution in [1.82, 2.24) is 15.6 Å². The summed E-state index contributed by atoms with van der Waals surface area (Å²) in [5, 5.41) is 16.8. The molecule has 0 radical (unpaired) electrons. The van der Waals surface area contributed by atoms with Gasteiger partial charge in [0.15, 0.2) is 0 Å². The maximum absolute atomic E-state index is 11.6. The molecule has 1 aromatic rings. The van der Waals surface area contributed by atoms with Gasteiger partial charge in [-0.2, -0.15) is 0 Å². The van der Waals surface area contributed by atoms with Gasteiger partial charge in [-0.05, 0) is 18.8 Å². The van der Waals surface area contributed by atoms with Crippen LogP contribution >= 0.6 is 11.3 Å². The highest BCUT2D eigenvalue weighted by Gasteiger charge is 2.20. The minimum Gasteiger partial charge on any atom is -0.393 e. The molecule has 6 heteroatoms. The lowest BCUT2D eigenvalue weighted by molar-refractivity contribution is 0.129. The van der Waals surface area contributed by atoms with E-state index in [0.29, 0.717) is 19.5 Å². The van der Waals surface area contributed by atoms with Gasteiger partial charge in [-0.25, -0.2) is 9.78 Å². The third-order valence-electron chi connectivity index (χ3n) is 2.49. The van der Waals surface area contributed by atoms with Gasteiger partial charge >= 0.3 is 6.03 Å². The lowest BCUT2D eigenvalue weighted by Gasteiger charge is -2.26. The van der Waals surface area contributed by atoms with Crippen LogP contribution in [0.2, 0.25) is 0 Å². The standard InChI is InChI=1S/C12H21N3O2S/c1-9(16)4-12(2,3)7-14-11(17)13-5-10-6-18-8-15-10/h6,8-9,16H,4-5,7H2,1-3H3,(H2,13,14,17). The molecular weight excluding hydrogens is 250 g/mol. The zero-order valence-electron chi connectivity index (χ0n) is 11.1. The molecule has 1 unspecified atom stereocenters. The van der Waals surface area contributed by atoms with Crippen LogP contribution in [-0.2, 0) is 6.54 Å². The molecular formula is C12H21N3O2S. The summed E-state index contributed by atoms with van der Waals surface area (Å²) in [7, 11) is 0. The first kappa shape index (κ1) is 14.9. The highest BCUT2D eigenvalue weighted by molar-refractivity contribution is 7.07. The molecule has 3 N–H and O–H groups in total. The number of hydrogen-bond acceptors (Lipinski definition) is 4. The summed E-state index contributed by atoms with van der Waals surface area (Å²) in [6, 6.07) is -0.207. The van der Waals surface area contributed by atoms with Gasteiger partial charge in [0.05, 0.1) is 23.9 Å². The Bertz CT molecular complexity index is 363. The van der Waals surface area contributed by atoms with E-state index in [2.05, 4.69) is 15.6 Å². The fraction of sp³-hybridized carbons (Fsp3) is 0.667. The zero-order chi connectivity index (χ0) is 13.6. The Morgan fingerprint density at radius 2 is 2.28 bits per heavy atom. The second-order valence-corrected chi connectivity index (χ2v) is 5.95. The first-order valence-electron chi connectivity index (χ1n) is 5.96. The lowest BCUT2D eigenvalue weighted by Crippen LogP contribution is -2.41. The van der Waals surface area contributed by atoms with Gasteiger partial charge in [0.2, 0.25) is 0 Å². The van der Waals surface area contributed by atoms with Crippen molar-refractivity contribution in [2.45, 2.75) is 39.8 Å². The van der Waals surface area contributed by atoms with E-state index in [4.69, 9.17) is 0 Å². The first-order valence-corrected chi connectivity index (χ1v) is 6.90. The molecule has 0 spiro atoms. The van der Waals surface area contributed by atoms with Crippen molar-refractivity contribution in [3.8, 4) is 0 Å². The Kier molecular flexibility index (Phi) is 5.55. The number of aliphatic hydroxyl groups is 1. The van der Waals surface area contributed by atoms with Crippen molar-refractivity contribution in [3.05, 3.63) is 16.6 Å². The molecule has 18 heavy (non-hydrogen) atoms. The van der Waals surface area contributed by atoms with Gasteiger partial charge < -0.3 is 15.7 Å². The van der Waals surface area contributed by atoms with Crippen LogP contribution in [0.15, 0.2) is 10.9 Å².